The Morgan fingerprint density at radius 3 is 2.44 bits per heavy atom. The zero-order chi connectivity index (χ0) is 7.28. The molecule has 0 saturated heterocycles. The van der Waals surface area contributed by atoms with Gasteiger partial charge in [0.15, 0.2) is 0 Å². The van der Waals surface area contributed by atoms with E-state index in [0.717, 1.165) is 5.57 Å². The molecule has 0 aromatic rings. The number of nitrogens with two attached hydrogens (primary N) is 2. The molecule has 0 fully saturated rings. The fourth-order valence-electron chi connectivity index (χ4n) is 0.386. The topological polar surface area (TPSA) is 64.4 Å². The third-order valence-corrected chi connectivity index (χ3v) is 1.23. The van der Waals surface area contributed by atoms with Crippen LogP contribution in [0.5, 0.6) is 0 Å². The van der Waals surface area contributed by atoms with Gasteiger partial charge >= 0.3 is 0 Å². The summed E-state index contributed by atoms with van der Waals surface area (Å²) < 4.78 is 0. The number of nitrogens with zero attached hydrogens (tertiary/aromatic N) is 1. The third kappa shape index (κ3) is 2.74. The molecule has 1 unspecified atom stereocenters. The molecule has 0 heterocycles. The lowest BCUT2D eigenvalue weighted by molar-refractivity contribution is 0.861. The van der Waals surface area contributed by atoms with E-state index in [1.54, 1.807) is 0 Å². The van der Waals surface area contributed by atoms with Crippen LogP contribution in [0.1, 0.15) is 13.8 Å². The van der Waals surface area contributed by atoms with Crippen LogP contribution in [-0.4, -0.2) is 12.4 Å². The molecule has 1 atom stereocenters. The highest BCUT2D eigenvalue weighted by atomic mass is 14.8. The minimum absolute atomic E-state index is 0.111. The Morgan fingerprint density at radius 2 is 2.11 bits per heavy atom. The SMILES string of the molecule is C/C(=C\N)C(C)N=CN. The standard InChI is InChI=1S/C6H13N3/c1-5(3-7)6(2)9-4-8/h3-4,6H,7H2,1-2H3,(H2,8,9)/b5-3+. The summed E-state index contributed by atoms with van der Waals surface area (Å²) in [6.45, 7) is 3.85. The molecule has 0 amide bonds. The van der Waals surface area contributed by atoms with E-state index in [4.69, 9.17) is 11.5 Å². The lowest BCUT2D eigenvalue weighted by Crippen LogP contribution is -2.04. The summed E-state index contributed by atoms with van der Waals surface area (Å²) >= 11 is 0. The van der Waals surface area contributed by atoms with Crippen molar-refractivity contribution in [3.05, 3.63) is 11.8 Å². The van der Waals surface area contributed by atoms with Gasteiger partial charge in [0, 0.05) is 0 Å². The summed E-state index contributed by atoms with van der Waals surface area (Å²) in [6, 6.07) is 0.111. The van der Waals surface area contributed by atoms with Crippen LogP contribution in [0.4, 0.5) is 0 Å². The summed E-state index contributed by atoms with van der Waals surface area (Å²) in [7, 11) is 0. The van der Waals surface area contributed by atoms with Gasteiger partial charge in [-0.05, 0) is 25.6 Å². The van der Waals surface area contributed by atoms with Gasteiger partial charge in [0.2, 0.25) is 0 Å². The van der Waals surface area contributed by atoms with E-state index in [1.807, 2.05) is 13.8 Å². The van der Waals surface area contributed by atoms with Crippen molar-refractivity contribution in [3.63, 3.8) is 0 Å². The predicted molar refractivity (Wildman–Crippen MR) is 40.1 cm³/mol. The van der Waals surface area contributed by atoms with Crippen LogP contribution < -0.4 is 11.5 Å². The minimum atomic E-state index is 0.111. The maximum Gasteiger partial charge on any atom is 0.0805 e. The first kappa shape index (κ1) is 8.01. The molecule has 0 bridgehead atoms. The molecule has 9 heavy (non-hydrogen) atoms. The van der Waals surface area contributed by atoms with Crippen LogP contribution in [0.25, 0.3) is 0 Å². The highest BCUT2D eigenvalue weighted by Gasteiger charge is 1.96. The molecule has 4 N–H and O–H groups in total. The predicted octanol–water partition coefficient (Wildman–Crippen LogP) is 0.224. The van der Waals surface area contributed by atoms with Crippen molar-refractivity contribution in [2.75, 3.05) is 0 Å². The Bertz CT molecular complexity index is 126. The average Bonchev–Trinajstić information content (AvgIpc) is 1.87. The van der Waals surface area contributed by atoms with E-state index in [2.05, 4.69) is 4.99 Å². The quantitative estimate of drug-likeness (QED) is 0.412. The van der Waals surface area contributed by atoms with Gasteiger partial charge in [0.05, 0.1) is 12.4 Å². The highest BCUT2D eigenvalue weighted by Crippen LogP contribution is 2.00. The van der Waals surface area contributed by atoms with Crippen molar-refractivity contribution in [2.24, 2.45) is 16.5 Å². The normalized spacial score (nSPS) is 16.4. The summed E-state index contributed by atoms with van der Waals surface area (Å²) in [5.41, 5.74) is 11.3. The number of hydrogen-bond donors (Lipinski definition) is 2. The molecule has 3 nitrogen and oxygen atoms in total. The van der Waals surface area contributed by atoms with Crippen LogP contribution in [0, 0.1) is 0 Å². The van der Waals surface area contributed by atoms with E-state index in [-0.39, 0.29) is 6.04 Å². The Morgan fingerprint density at radius 1 is 1.56 bits per heavy atom. The molecule has 0 rings (SSSR count). The molecule has 0 radical (unpaired) electrons. The lowest BCUT2D eigenvalue weighted by Gasteiger charge is -2.02. The zero-order valence-electron chi connectivity index (χ0n) is 5.83. The molecule has 52 valence electrons. The summed E-state index contributed by atoms with van der Waals surface area (Å²) in [5, 5.41) is 0. The van der Waals surface area contributed by atoms with Crippen LogP contribution in [-0.2, 0) is 0 Å². The molecule has 0 aromatic carbocycles. The van der Waals surface area contributed by atoms with Gasteiger partial charge in [-0.25, -0.2) is 0 Å². The van der Waals surface area contributed by atoms with Crippen molar-refractivity contribution in [2.45, 2.75) is 19.9 Å². The first-order chi connectivity index (χ1) is 4.22. The monoisotopic (exact) mass is 127 g/mol. The van der Waals surface area contributed by atoms with Gasteiger partial charge in [0.25, 0.3) is 0 Å². The largest absolute Gasteiger partial charge is 0.405 e. The van der Waals surface area contributed by atoms with E-state index < -0.39 is 0 Å². The van der Waals surface area contributed by atoms with Crippen LogP contribution in [0.15, 0.2) is 16.8 Å². The molecule has 0 spiro atoms. The second-order valence-corrected chi connectivity index (χ2v) is 1.88. The van der Waals surface area contributed by atoms with Crippen molar-refractivity contribution in [3.8, 4) is 0 Å². The van der Waals surface area contributed by atoms with Gasteiger partial charge in [-0.3, -0.25) is 4.99 Å². The Hall–Kier alpha value is -0.990. The summed E-state index contributed by atoms with van der Waals surface area (Å²) in [5.74, 6) is 0. The van der Waals surface area contributed by atoms with Crippen LogP contribution >= 0.6 is 0 Å². The van der Waals surface area contributed by atoms with E-state index in [1.165, 1.54) is 12.5 Å². The molecule has 0 aliphatic heterocycles. The average molecular weight is 127 g/mol. The Balaban J connectivity index is 3.88. The van der Waals surface area contributed by atoms with Gasteiger partial charge in [-0.1, -0.05) is 0 Å². The Labute approximate surface area is 55.4 Å². The van der Waals surface area contributed by atoms with Gasteiger partial charge in [0.1, 0.15) is 0 Å². The molecule has 0 aliphatic rings. The smallest absolute Gasteiger partial charge is 0.0805 e. The number of hydrogen-bond acceptors (Lipinski definition) is 2. The molecule has 0 saturated carbocycles. The molecular formula is C6H13N3. The molecular weight excluding hydrogens is 114 g/mol. The van der Waals surface area contributed by atoms with Crippen LogP contribution in [0.3, 0.4) is 0 Å². The highest BCUT2D eigenvalue weighted by molar-refractivity contribution is 5.52. The first-order valence-electron chi connectivity index (χ1n) is 2.84. The third-order valence-electron chi connectivity index (χ3n) is 1.23. The minimum Gasteiger partial charge on any atom is -0.405 e. The fourth-order valence-corrected chi connectivity index (χ4v) is 0.386. The summed E-state index contributed by atoms with van der Waals surface area (Å²) in [4.78, 5) is 3.90. The van der Waals surface area contributed by atoms with Crippen molar-refractivity contribution in [1.29, 1.82) is 0 Å². The number of aliphatic imine (C=N–C) groups is 1. The van der Waals surface area contributed by atoms with Crippen molar-refractivity contribution < 1.29 is 0 Å². The van der Waals surface area contributed by atoms with Crippen molar-refractivity contribution >= 4 is 6.34 Å². The lowest BCUT2D eigenvalue weighted by atomic mass is 10.2. The molecule has 0 aliphatic carbocycles. The van der Waals surface area contributed by atoms with Crippen LogP contribution in [0.2, 0.25) is 0 Å². The van der Waals surface area contributed by atoms with Gasteiger partial charge in [-0.2, -0.15) is 0 Å². The van der Waals surface area contributed by atoms with Gasteiger partial charge < -0.3 is 11.5 Å². The Kier molecular flexibility index (Phi) is 3.51. The molecule has 3 heteroatoms. The van der Waals surface area contributed by atoms with E-state index in [9.17, 15) is 0 Å². The fraction of sp³-hybridized carbons (Fsp3) is 0.500. The second-order valence-electron chi connectivity index (χ2n) is 1.88. The van der Waals surface area contributed by atoms with Crippen molar-refractivity contribution in [1.82, 2.24) is 0 Å². The number of rotatable bonds is 2. The molecule has 0 aromatic heterocycles. The maximum atomic E-state index is 5.23. The summed E-state index contributed by atoms with van der Waals surface area (Å²) in [6.07, 6.45) is 2.83. The van der Waals surface area contributed by atoms with Gasteiger partial charge in [-0.15, -0.1) is 0 Å². The van der Waals surface area contributed by atoms with E-state index in [0.29, 0.717) is 0 Å². The first-order valence-corrected chi connectivity index (χ1v) is 2.84. The second kappa shape index (κ2) is 3.95. The van der Waals surface area contributed by atoms with E-state index >= 15 is 0 Å². The zero-order valence-corrected chi connectivity index (χ0v) is 5.83. The maximum absolute atomic E-state index is 5.23.